The third kappa shape index (κ3) is 1.43. The molecule has 82 valence electrons. The molecule has 2 unspecified atom stereocenters. The van der Waals surface area contributed by atoms with Crippen LogP contribution >= 0.6 is 0 Å². The van der Waals surface area contributed by atoms with Crippen molar-refractivity contribution in [3.05, 3.63) is 0 Å². The fraction of sp³-hybridized carbons (Fsp3) is 1.00. The summed E-state index contributed by atoms with van der Waals surface area (Å²) in [6.45, 7) is 1.47. The van der Waals surface area contributed by atoms with E-state index in [4.69, 9.17) is 0 Å². The van der Waals surface area contributed by atoms with Crippen LogP contribution in [0.25, 0.3) is 0 Å². The summed E-state index contributed by atoms with van der Waals surface area (Å²) in [7, 11) is -4.37. The second kappa shape index (κ2) is 3.39. The van der Waals surface area contributed by atoms with Gasteiger partial charge >= 0.3 is 5.76 Å². The Hall–Kier alpha value is -0.270. The van der Waals surface area contributed by atoms with Crippen molar-refractivity contribution in [3.63, 3.8) is 0 Å². The molecule has 0 amide bonds. The van der Waals surface area contributed by atoms with E-state index < -0.39 is 15.8 Å². The van der Waals surface area contributed by atoms with Gasteiger partial charge in [-0.2, -0.15) is 13.1 Å². The molecule has 0 spiro atoms. The fourth-order valence-electron chi connectivity index (χ4n) is 2.23. The lowest BCUT2D eigenvalue weighted by atomic mass is 10.1. The van der Waals surface area contributed by atoms with E-state index in [1.54, 1.807) is 0 Å². The second-order valence-corrected chi connectivity index (χ2v) is 5.55. The largest absolute Gasteiger partial charge is 0.350 e. The molecule has 0 radical (unpaired) electrons. The van der Waals surface area contributed by atoms with Gasteiger partial charge in [0.05, 0.1) is 0 Å². The van der Waals surface area contributed by atoms with Gasteiger partial charge in [-0.1, -0.05) is 0 Å². The molecule has 2 fully saturated rings. The summed E-state index contributed by atoms with van der Waals surface area (Å²) < 4.78 is 48.0. The van der Waals surface area contributed by atoms with Gasteiger partial charge in [0.15, 0.2) is 0 Å². The molecule has 0 aromatic rings. The molecule has 2 aliphatic rings. The second-order valence-electron chi connectivity index (χ2n) is 3.69. The number of nitrogens with zero attached hydrogens (tertiary/aromatic N) is 1. The lowest BCUT2D eigenvalue weighted by Crippen LogP contribution is -2.41. The third-order valence-electron chi connectivity index (χ3n) is 2.95. The minimum Gasteiger partial charge on any atom is -0.315 e. The lowest BCUT2D eigenvalue weighted by Gasteiger charge is -2.21. The third-order valence-corrected chi connectivity index (χ3v) is 4.50. The van der Waals surface area contributed by atoms with E-state index in [0.717, 1.165) is 10.8 Å². The van der Waals surface area contributed by atoms with Gasteiger partial charge in [-0.3, -0.25) is 0 Å². The molecule has 0 aromatic carbocycles. The standard InChI is InChI=1S/C7H12F2N2O2S/c8-7(9)14(12,13)11-2-1-5-3-10-4-6(5)11/h5-7,10H,1-4H2. The van der Waals surface area contributed by atoms with Crippen LogP contribution < -0.4 is 5.32 Å². The van der Waals surface area contributed by atoms with E-state index in [1.165, 1.54) is 0 Å². The maximum Gasteiger partial charge on any atom is 0.350 e. The zero-order chi connectivity index (χ0) is 10.3. The van der Waals surface area contributed by atoms with Crippen molar-refractivity contribution in [3.8, 4) is 0 Å². The first kappa shape index (κ1) is 10.3. The van der Waals surface area contributed by atoms with E-state index in [-0.39, 0.29) is 18.5 Å². The Kier molecular flexibility index (Phi) is 2.48. The molecule has 2 aliphatic heterocycles. The maximum atomic E-state index is 12.3. The van der Waals surface area contributed by atoms with Crippen molar-refractivity contribution in [2.24, 2.45) is 5.92 Å². The molecule has 0 saturated carbocycles. The van der Waals surface area contributed by atoms with Crippen LogP contribution in [-0.2, 0) is 10.0 Å². The van der Waals surface area contributed by atoms with Gasteiger partial charge in [0, 0.05) is 19.1 Å². The molecule has 7 heteroatoms. The first-order chi connectivity index (χ1) is 6.53. The zero-order valence-electron chi connectivity index (χ0n) is 7.49. The molecular formula is C7H12F2N2O2S. The summed E-state index contributed by atoms with van der Waals surface area (Å²) in [4.78, 5) is 0. The zero-order valence-corrected chi connectivity index (χ0v) is 8.30. The summed E-state index contributed by atoms with van der Waals surface area (Å²) in [5, 5.41) is 3.01. The Bertz CT molecular complexity index is 320. The molecule has 2 saturated heterocycles. The van der Waals surface area contributed by atoms with Gasteiger partial charge in [0.2, 0.25) is 0 Å². The van der Waals surface area contributed by atoms with Crippen molar-refractivity contribution >= 4 is 10.0 Å². The maximum absolute atomic E-state index is 12.3. The molecule has 2 heterocycles. The lowest BCUT2D eigenvalue weighted by molar-refractivity contribution is 0.216. The van der Waals surface area contributed by atoms with Gasteiger partial charge in [-0.05, 0) is 18.9 Å². The van der Waals surface area contributed by atoms with Crippen LogP contribution in [0.5, 0.6) is 0 Å². The van der Waals surface area contributed by atoms with Crippen molar-refractivity contribution in [2.45, 2.75) is 18.2 Å². The Balaban J connectivity index is 2.20. The summed E-state index contributed by atoms with van der Waals surface area (Å²) in [5.74, 6) is -3.08. The van der Waals surface area contributed by atoms with Crippen LogP contribution in [0.15, 0.2) is 0 Å². The van der Waals surface area contributed by atoms with Gasteiger partial charge in [-0.15, -0.1) is 0 Å². The van der Waals surface area contributed by atoms with Crippen molar-refractivity contribution in [1.82, 2.24) is 9.62 Å². The first-order valence-corrected chi connectivity index (χ1v) is 6.03. The highest BCUT2D eigenvalue weighted by atomic mass is 32.2. The highest BCUT2D eigenvalue weighted by Gasteiger charge is 2.46. The quantitative estimate of drug-likeness (QED) is 0.711. The summed E-state index contributed by atoms with van der Waals surface area (Å²) in [6.07, 6.45) is 0.684. The predicted octanol–water partition coefficient (Wildman–Crippen LogP) is -0.167. The predicted molar refractivity (Wildman–Crippen MR) is 46.4 cm³/mol. The number of nitrogens with one attached hydrogen (secondary N) is 1. The molecular weight excluding hydrogens is 214 g/mol. The van der Waals surface area contributed by atoms with Crippen LogP contribution in [0.3, 0.4) is 0 Å². The summed E-state index contributed by atoms with van der Waals surface area (Å²) in [6, 6.07) is -0.256. The van der Waals surface area contributed by atoms with Gasteiger partial charge in [0.25, 0.3) is 10.0 Å². The number of halogens is 2. The average Bonchev–Trinajstić information content (AvgIpc) is 2.61. The van der Waals surface area contributed by atoms with E-state index in [0.29, 0.717) is 13.0 Å². The van der Waals surface area contributed by atoms with Gasteiger partial charge in [0.1, 0.15) is 0 Å². The Morgan fingerprint density at radius 1 is 1.36 bits per heavy atom. The van der Waals surface area contributed by atoms with Crippen LogP contribution in [0, 0.1) is 5.92 Å². The molecule has 4 nitrogen and oxygen atoms in total. The SMILES string of the molecule is O=S(=O)(C(F)F)N1CCC2CNCC21. The highest BCUT2D eigenvalue weighted by Crippen LogP contribution is 2.31. The van der Waals surface area contributed by atoms with E-state index in [9.17, 15) is 17.2 Å². The minimum absolute atomic E-state index is 0.212. The van der Waals surface area contributed by atoms with Crippen LogP contribution in [-0.4, -0.2) is 44.2 Å². The molecule has 0 aromatic heterocycles. The number of hydrogen-bond donors (Lipinski definition) is 1. The number of rotatable bonds is 2. The topological polar surface area (TPSA) is 49.4 Å². The summed E-state index contributed by atoms with van der Waals surface area (Å²) >= 11 is 0. The molecule has 0 bridgehead atoms. The van der Waals surface area contributed by atoms with Crippen molar-refractivity contribution < 1.29 is 17.2 Å². The minimum atomic E-state index is -4.37. The van der Waals surface area contributed by atoms with Gasteiger partial charge < -0.3 is 5.32 Å². The van der Waals surface area contributed by atoms with Crippen LogP contribution in [0.2, 0.25) is 0 Å². The fourth-order valence-corrected chi connectivity index (χ4v) is 3.42. The van der Waals surface area contributed by atoms with E-state index in [1.807, 2.05) is 0 Å². The molecule has 2 rings (SSSR count). The van der Waals surface area contributed by atoms with Crippen LogP contribution in [0.4, 0.5) is 8.78 Å². The summed E-state index contributed by atoms with van der Waals surface area (Å²) in [5.41, 5.74) is 0. The molecule has 2 atom stereocenters. The highest BCUT2D eigenvalue weighted by molar-refractivity contribution is 7.89. The average molecular weight is 226 g/mol. The monoisotopic (exact) mass is 226 g/mol. The normalized spacial score (nSPS) is 33.9. The number of alkyl halides is 2. The number of hydrogen-bond acceptors (Lipinski definition) is 3. The van der Waals surface area contributed by atoms with Crippen LogP contribution in [0.1, 0.15) is 6.42 Å². The number of sulfonamides is 1. The Morgan fingerprint density at radius 3 is 2.71 bits per heavy atom. The van der Waals surface area contributed by atoms with E-state index >= 15 is 0 Å². The molecule has 0 aliphatic carbocycles. The Morgan fingerprint density at radius 2 is 2.07 bits per heavy atom. The Labute approximate surface area is 81.3 Å². The van der Waals surface area contributed by atoms with E-state index in [2.05, 4.69) is 5.32 Å². The number of fused-ring (bicyclic) bond motifs is 1. The van der Waals surface area contributed by atoms with Gasteiger partial charge in [-0.25, -0.2) is 8.42 Å². The molecule has 1 N–H and O–H groups in total. The first-order valence-electron chi connectivity index (χ1n) is 4.53. The van der Waals surface area contributed by atoms with Crippen molar-refractivity contribution in [2.75, 3.05) is 19.6 Å². The van der Waals surface area contributed by atoms with Crippen molar-refractivity contribution in [1.29, 1.82) is 0 Å². The molecule has 14 heavy (non-hydrogen) atoms. The smallest absolute Gasteiger partial charge is 0.315 e.